The topological polar surface area (TPSA) is 78.8 Å². The second kappa shape index (κ2) is 13.3. The Balaban J connectivity index is 0.000000206. The average molecular weight is 498 g/mol. The maximum absolute atomic E-state index is 12.2. The van der Waals surface area contributed by atoms with Crippen molar-refractivity contribution in [2.45, 2.75) is 33.3 Å². The highest BCUT2D eigenvalue weighted by Gasteiger charge is 2.14. The zero-order valence-corrected chi connectivity index (χ0v) is 21.9. The zero-order chi connectivity index (χ0) is 26.8. The molecule has 0 heterocycles. The first-order valence-corrected chi connectivity index (χ1v) is 12.4. The number of ether oxygens (including phenoxy) is 1. The van der Waals surface area contributed by atoms with Crippen molar-refractivity contribution < 1.29 is 19.7 Å². The highest BCUT2D eigenvalue weighted by atomic mass is 16.5. The quantitative estimate of drug-likeness (QED) is 0.187. The molecule has 5 heteroatoms. The Morgan fingerprint density at radius 2 is 1.46 bits per heavy atom. The first-order valence-electron chi connectivity index (χ1n) is 12.4. The van der Waals surface area contributed by atoms with Gasteiger partial charge in [0.05, 0.1) is 0 Å². The zero-order valence-electron chi connectivity index (χ0n) is 21.9. The van der Waals surface area contributed by atoms with Gasteiger partial charge in [-0.05, 0) is 69.3 Å². The number of rotatable bonds is 8. The van der Waals surface area contributed by atoms with Gasteiger partial charge in [-0.1, -0.05) is 78.4 Å². The van der Waals surface area contributed by atoms with E-state index < -0.39 is 0 Å². The summed E-state index contributed by atoms with van der Waals surface area (Å²) < 4.78 is 6.19. The lowest BCUT2D eigenvalue weighted by Gasteiger charge is -2.20. The van der Waals surface area contributed by atoms with Crippen molar-refractivity contribution in [1.29, 1.82) is 0 Å². The Kier molecular flexibility index (Phi) is 9.87. The molecule has 1 unspecified atom stereocenters. The van der Waals surface area contributed by atoms with Gasteiger partial charge in [0, 0.05) is 17.5 Å². The minimum Gasteiger partial charge on any atom is -0.504 e. The SMILES string of the molecule is CNCCC(Oc1ccccc1C)c1ccccc1.Cc1ccc(C(=O)c2cc(C)c(O)c(O)c2)cc1. The van der Waals surface area contributed by atoms with E-state index in [1.54, 1.807) is 25.1 Å². The van der Waals surface area contributed by atoms with E-state index in [1.807, 2.05) is 50.4 Å². The van der Waals surface area contributed by atoms with Crippen LogP contribution in [0.25, 0.3) is 0 Å². The van der Waals surface area contributed by atoms with Crippen LogP contribution in [0.5, 0.6) is 17.2 Å². The molecule has 0 amide bonds. The average Bonchev–Trinajstić information content (AvgIpc) is 2.91. The summed E-state index contributed by atoms with van der Waals surface area (Å²) in [5.74, 6) is 0.335. The number of para-hydroxylation sites is 1. The number of phenolic OH excluding ortho intramolecular Hbond substituents is 2. The number of carbonyl (C=O) groups excluding carboxylic acids is 1. The minimum absolute atomic E-state index is 0.0924. The lowest BCUT2D eigenvalue weighted by Crippen LogP contribution is -2.16. The minimum atomic E-state index is -0.273. The number of hydrogen-bond donors (Lipinski definition) is 3. The molecule has 0 radical (unpaired) electrons. The Morgan fingerprint density at radius 1 is 0.811 bits per heavy atom. The third kappa shape index (κ3) is 7.69. The molecule has 0 aromatic heterocycles. The standard InChI is InChI=1S/C17H21NO.C15H14O3/c1-14-8-6-7-11-16(14)19-17(12-13-18-2)15-9-4-3-5-10-15;1-9-3-5-11(6-4-9)15(18)12-7-10(2)14(17)13(16)8-12/h3-11,17-18H,12-13H2,1-2H3;3-8,16-17H,1-2H3. The number of nitrogens with one attached hydrogen (secondary N) is 1. The first-order chi connectivity index (χ1) is 17.8. The summed E-state index contributed by atoms with van der Waals surface area (Å²) in [6.45, 7) is 6.60. The molecule has 0 aliphatic rings. The summed E-state index contributed by atoms with van der Waals surface area (Å²) in [5.41, 5.74) is 4.88. The molecule has 192 valence electrons. The maximum atomic E-state index is 12.2. The molecule has 0 aliphatic heterocycles. The van der Waals surface area contributed by atoms with Gasteiger partial charge in [0.1, 0.15) is 11.9 Å². The fourth-order valence-corrected chi connectivity index (χ4v) is 3.84. The van der Waals surface area contributed by atoms with Crippen molar-refractivity contribution in [3.8, 4) is 17.2 Å². The predicted octanol–water partition coefficient (Wildman–Crippen LogP) is 6.67. The first kappa shape index (κ1) is 27.5. The predicted molar refractivity (Wildman–Crippen MR) is 149 cm³/mol. The summed E-state index contributed by atoms with van der Waals surface area (Å²) >= 11 is 0. The van der Waals surface area contributed by atoms with Crippen LogP contribution in [0.3, 0.4) is 0 Å². The fraction of sp³-hybridized carbons (Fsp3) is 0.219. The van der Waals surface area contributed by atoms with Crippen LogP contribution in [0.2, 0.25) is 0 Å². The normalized spacial score (nSPS) is 11.2. The van der Waals surface area contributed by atoms with Crippen molar-refractivity contribution in [3.63, 3.8) is 0 Å². The number of ketones is 1. The van der Waals surface area contributed by atoms with Crippen molar-refractivity contribution in [3.05, 3.63) is 124 Å². The molecule has 37 heavy (non-hydrogen) atoms. The molecule has 4 aromatic rings. The summed E-state index contributed by atoms with van der Waals surface area (Å²) in [7, 11) is 1.97. The Bertz CT molecular complexity index is 1280. The Morgan fingerprint density at radius 3 is 2.08 bits per heavy atom. The van der Waals surface area contributed by atoms with E-state index in [1.165, 1.54) is 17.2 Å². The highest BCUT2D eigenvalue weighted by Crippen LogP contribution is 2.30. The van der Waals surface area contributed by atoms with Crippen LogP contribution >= 0.6 is 0 Å². The summed E-state index contributed by atoms with van der Waals surface area (Å²) in [4.78, 5) is 12.2. The third-order valence-corrected chi connectivity index (χ3v) is 6.05. The molecule has 0 fully saturated rings. The molecule has 0 saturated heterocycles. The van der Waals surface area contributed by atoms with Gasteiger partial charge in [0.15, 0.2) is 17.3 Å². The fourth-order valence-electron chi connectivity index (χ4n) is 3.84. The van der Waals surface area contributed by atoms with Crippen LogP contribution in [0.1, 0.15) is 50.7 Å². The van der Waals surface area contributed by atoms with E-state index in [2.05, 4.69) is 42.6 Å². The largest absolute Gasteiger partial charge is 0.504 e. The molecule has 0 spiro atoms. The van der Waals surface area contributed by atoms with Gasteiger partial charge >= 0.3 is 0 Å². The van der Waals surface area contributed by atoms with Crippen molar-refractivity contribution in [2.75, 3.05) is 13.6 Å². The summed E-state index contributed by atoms with van der Waals surface area (Å²) in [6.07, 6.45) is 1.05. The van der Waals surface area contributed by atoms with Crippen LogP contribution < -0.4 is 10.1 Å². The molecule has 4 aromatic carbocycles. The molecule has 1 atom stereocenters. The van der Waals surface area contributed by atoms with Crippen molar-refractivity contribution in [2.24, 2.45) is 0 Å². The molecule has 4 rings (SSSR count). The van der Waals surface area contributed by atoms with Crippen molar-refractivity contribution in [1.82, 2.24) is 5.32 Å². The highest BCUT2D eigenvalue weighted by molar-refractivity contribution is 6.09. The molecule has 5 nitrogen and oxygen atoms in total. The Labute approximate surface area is 219 Å². The number of hydrogen-bond acceptors (Lipinski definition) is 5. The van der Waals surface area contributed by atoms with Crippen LogP contribution in [0.4, 0.5) is 0 Å². The van der Waals surface area contributed by atoms with Gasteiger partial charge in [0.25, 0.3) is 0 Å². The molecule has 0 bridgehead atoms. The lowest BCUT2D eigenvalue weighted by atomic mass is 10.00. The third-order valence-electron chi connectivity index (χ3n) is 6.05. The monoisotopic (exact) mass is 497 g/mol. The van der Waals surface area contributed by atoms with Gasteiger partial charge in [-0.3, -0.25) is 4.79 Å². The Hall–Kier alpha value is -4.09. The second-order valence-corrected chi connectivity index (χ2v) is 9.03. The van der Waals surface area contributed by atoms with E-state index in [9.17, 15) is 15.0 Å². The number of aryl methyl sites for hydroxylation is 3. The molecular formula is C32H35NO4. The van der Waals surface area contributed by atoms with E-state index in [0.717, 1.165) is 24.3 Å². The van der Waals surface area contributed by atoms with E-state index in [4.69, 9.17) is 4.74 Å². The molecule has 0 saturated carbocycles. The maximum Gasteiger partial charge on any atom is 0.193 e. The molecular weight excluding hydrogens is 462 g/mol. The van der Waals surface area contributed by atoms with Crippen LogP contribution in [0.15, 0.2) is 91.0 Å². The number of benzene rings is 4. The number of aromatic hydroxyl groups is 2. The van der Waals surface area contributed by atoms with E-state index in [0.29, 0.717) is 16.7 Å². The van der Waals surface area contributed by atoms with Gasteiger partial charge in [-0.25, -0.2) is 0 Å². The summed E-state index contributed by atoms with van der Waals surface area (Å²) in [6, 6.07) is 28.6. The van der Waals surface area contributed by atoms with E-state index >= 15 is 0 Å². The van der Waals surface area contributed by atoms with Crippen LogP contribution in [-0.2, 0) is 0 Å². The smallest absolute Gasteiger partial charge is 0.193 e. The van der Waals surface area contributed by atoms with E-state index in [-0.39, 0.29) is 23.4 Å². The lowest BCUT2D eigenvalue weighted by molar-refractivity contribution is 0.103. The van der Waals surface area contributed by atoms with Gasteiger partial charge in [-0.15, -0.1) is 0 Å². The van der Waals surface area contributed by atoms with Crippen LogP contribution in [-0.4, -0.2) is 29.6 Å². The summed E-state index contributed by atoms with van der Waals surface area (Å²) in [5, 5.41) is 22.2. The molecule has 0 aliphatic carbocycles. The van der Waals surface area contributed by atoms with Gasteiger partial charge in [-0.2, -0.15) is 0 Å². The van der Waals surface area contributed by atoms with Crippen LogP contribution in [0, 0.1) is 20.8 Å². The molecule has 3 N–H and O–H groups in total. The number of phenols is 2. The second-order valence-electron chi connectivity index (χ2n) is 9.03. The van der Waals surface area contributed by atoms with Gasteiger partial charge < -0.3 is 20.3 Å². The van der Waals surface area contributed by atoms with Gasteiger partial charge in [0.2, 0.25) is 0 Å². The van der Waals surface area contributed by atoms with Crippen molar-refractivity contribution >= 4 is 5.78 Å². The number of carbonyl (C=O) groups is 1.